The van der Waals surface area contributed by atoms with E-state index in [2.05, 4.69) is 28.0 Å². The van der Waals surface area contributed by atoms with Crippen LogP contribution in [0.3, 0.4) is 0 Å². The number of thioether (sulfide) groups is 1. The maximum atomic E-state index is 12.8. The lowest BCUT2D eigenvalue weighted by atomic mass is 10.1. The van der Waals surface area contributed by atoms with E-state index in [1.54, 1.807) is 11.8 Å². The van der Waals surface area contributed by atoms with Gasteiger partial charge in [-0.05, 0) is 31.7 Å². The van der Waals surface area contributed by atoms with E-state index in [-0.39, 0.29) is 5.91 Å². The summed E-state index contributed by atoms with van der Waals surface area (Å²) in [5.74, 6) is 1.76. The van der Waals surface area contributed by atoms with Crippen molar-refractivity contribution in [3.63, 3.8) is 0 Å². The van der Waals surface area contributed by atoms with Crippen molar-refractivity contribution in [2.24, 2.45) is 0 Å². The molecule has 1 fully saturated rings. The second-order valence-corrected chi connectivity index (χ2v) is 8.07. The minimum Gasteiger partial charge on any atom is -0.363 e. The van der Waals surface area contributed by atoms with Gasteiger partial charge in [0.25, 0.3) is 5.91 Å². The number of amides is 1. The van der Waals surface area contributed by atoms with Crippen molar-refractivity contribution >= 4 is 23.5 Å². The van der Waals surface area contributed by atoms with Crippen molar-refractivity contribution in [1.82, 2.24) is 19.8 Å². The fraction of sp³-hybridized carbons (Fsp3) is 0.450. The molecular weight excluding hydrogens is 358 g/mol. The number of aryl methyl sites for hydroxylation is 1. The lowest BCUT2D eigenvalue weighted by Crippen LogP contribution is -2.47. The highest BCUT2D eigenvalue weighted by atomic mass is 32.2. The van der Waals surface area contributed by atoms with Crippen LogP contribution in [0, 0.1) is 6.92 Å². The summed E-state index contributed by atoms with van der Waals surface area (Å²) in [6, 6.07) is 9.88. The van der Waals surface area contributed by atoms with Crippen molar-refractivity contribution in [2.45, 2.75) is 17.8 Å². The minimum atomic E-state index is 0.122. The quantitative estimate of drug-likeness (QED) is 0.582. The van der Waals surface area contributed by atoms with E-state index in [9.17, 15) is 4.79 Å². The standard InChI is InChI=1S/C20H27N5OS/c1-15-12-18(23(2)3)22-20(21-15)27-14-16-6-5-7-17(13-16)19(26)25-10-8-24(4)9-11-25/h5-7,12-13H,8-11,14H2,1-4H3. The lowest BCUT2D eigenvalue weighted by molar-refractivity contribution is 0.0664. The first-order valence-electron chi connectivity index (χ1n) is 9.15. The van der Waals surface area contributed by atoms with E-state index < -0.39 is 0 Å². The Kier molecular flexibility index (Phi) is 6.34. The normalized spacial score (nSPS) is 15.0. The molecule has 27 heavy (non-hydrogen) atoms. The number of anilines is 1. The highest BCUT2D eigenvalue weighted by molar-refractivity contribution is 7.98. The van der Waals surface area contributed by atoms with Gasteiger partial charge in [0.15, 0.2) is 5.16 Å². The summed E-state index contributed by atoms with van der Waals surface area (Å²) >= 11 is 1.60. The Bertz CT molecular complexity index is 803. The van der Waals surface area contributed by atoms with Crippen LogP contribution in [-0.2, 0) is 5.75 Å². The number of hydrogen-bond donors (Lipinski definition) is 0. The fourth-order valence-electron chi connectivity index (χ4n) is 2.95. The van der Waals surface area contributed by atoms with E-state index in [1.165, 1.54) is 0 Å². The van der Waals surface area contributed by atoms with Crippen LogP contribution in [0.5, 0.6) is 0 Å². The SMILES string of the molecule is Cc1cc(N(C)C)nc(SCc2cccc(C(=O)N3CCN(C)CC3)c2)n1. The van der Waals surface area contributed by atoms with E-state index >= 15 is 0 Å². The number of aromatic nitrogens is 2. The molecule has 0 radical (unpaired) electrons. The third-order valence-corrected chi connectivity index (χ3v) is 5.53. The number of carbonyl (C=O) groups excluding carboxylic acids is 1. The van der Waals surface area contributed by atoms with Gasteiger partial charge in [0.2, 0.25) is 0 Å². The van der Waals surface area contributed by atoms with Gasteiger partial charge in [-0.25, -0.2) is 9.97 Å². The zero-order valence-corrected chi connectivity index (χ0v) is 17.3. The second kappa shape index (κ2) is 8.71. The molecule has 1 aromatic carbocycles. The van der Waals surface area contributed by atoms with Crippen LogP contribution in [0.4, 0.5) is 5.82 Å². The van der Waals surface area contributed by atoms with Crippen molar-refractivity contribution in [1.29, 1.82) is 0 Å². The number of hydrogen-bond acceptors (Lipinski definition) is 6. The number of nitrogens with zero attached hydrogens (tertiary/aromatic N) is 5. The Labute approximate surface area is 165 Å². The van der Waals surface area contributed by atoms with Crippen molar-refractivity contribution < 1.29 is 4.79 Å². The number of benzene rings is 1. The summed E-state index contributed by atoms with van der Waals surface area (Å²) in [5, 5.41) is 0.759. The Morgan fingerprint density at radius 3 is 2.59 bits per heavy atom. The Balaban J connectivity index is 1.67. The molecule has 0 spiro atoms. The summed E-state index contributed by atoms with van der Waals surface area (Å²) in [4.78, 5) is 28.0. The average Bonchev–Trinajstić information content (AvgIpc) is 2.66. The van der Waals surface area contributed by atoms with Crippen molar-refractivity contribution in [3.05, 3.63) is 47.2 Å². The van der Waals surface area contributed by atoms with Crippen LogP contribution in [0.15, 0.2) is 35.5 Å². The maximum Gasteiger partial charge on any atom is 0.253 e. The molecule has 144 valence electrons. The average molecular weight is 386 g/mol. The van der Waals surface area contributed by atoms with E-state index in [0.717, 1.165) is 59.7 Å². The zero-order chi connectivity index (χ0) is 19.4. The smallest absolute Gasteiger partial charge is 0.253 e. The number of rotatable bonds is 5. The third-order valence-electron chi connectivity index (χ3n) is 4.61. The number of carbonyl (C=O) groups is 1. The molecule has 2 aromatic rings. The van der Waals surface area contributed by atoms with E-state index in [0.29, 0.717) is 0 Å². The summed E-state index contributed by atoms with van der Waals surface area (Å²) in [5.41, 5.74) is 2.82. The van der Waals surface area contributed by atoms with Crippen LogP contribution in [0.25, 0.3) is 0 Å². The van der Waals surface area contributed by atoms with Gasteiger partial charge < -0.3 is 14.7 Å². The van der Waals surface area contributed by atoms with Crippen LogP contribution in [0.1, 0.15) is 21.6 Å². The molecule has 3 rings (SSSR count). The molecule has 0 aliphatic carbocycles. The minimum absolute atomic E-state index is 0.122. The lowest BCUT2D eigenvalue weighted by Gasteiger charge is -2.32. The largest absolute Gasteiger partial charge is 0.363 e. The first-order valence-corrected chi connectivity index (χ1v) is 10.1. The van der Waals surface area contributed by atoms with Gasteiger partial charge in [0.1, 0.15) is 5.82 Å². The van der Waals surface area contributed by atoms with Crippen molar-refractivity contribution in [3.8, 4) is 0 Å². The van der Waals surface area contributed by atoms with Gasteiger partial charge in [-0.2, -0.15) is 0 Å². The first kappa shape index (κ1) is 19.6. The molecular formula is C20H27N5OS. The van der Waals surface area contributed by atoms with Gasteiger partial charge in [-0.15, -0.1) is 0 Å². The Hall–Kier alpha value is -2.12. The molecule has 1 aliphatic rings. The molecule has 1 aromatic heterocycles. The first-order chi connectivity index (χ1) is 12.9. The highest BCUT2D eigenvalue weighted by Gasteiger charge is 2.20. The Morgan fingerprint density at radius 2 is 1.89 bits per heavy atom. The molecule has 1 saturated heterocycles. The second-order valence-electron chi connectivity index (χ2n) is 7.13. The molecule has 7 heteroatoms. The van der Waals surface area contributed by atoms with Gasteiger partial charge in [-0.3, -0.25) is 4.79 Å². The summed E-state index contributed by atoms with van der Waals surface area (Å²) < 4.78 is 0. The molecule has 1 amide bonds. The topological polar surface area (TPSA) is 52.6 Å². The Morgan fingerprint density at radius 1 is 1.15 bits per heavy atom. The molecule has 0 unspecified atom stereocenters. The highest BCUT2D eigenvalue weighted by Crippen LogP contribution is 2.23. The predicted octanol–water partition coefficient (Wildman–Crippen LogP) is 2.53. The maximum absolute atomic E-state index is 12.8. The predicted molar refractivity (Wildman–Crippen MR) is 110 cm³/mol. The van der Waals surface area contributed by atoms with Crippen LogP contribution in [0.2, 0.25) is 0 Å². The van der Waals surface area contributed by atoms with Crippen LogP contribution >= 0.6 is 11.8 Å². The third kappa shape index (κ3) is 5.20. The zero-order valence-electron chi connectivity index (χ0n) is 16.5. The van der Waals surface area contributed by atoms with Crippen molar-refractivity contribution in [2.75, 3.05) is 52.2 Å². The molecule has 1 aliphatic heterocycles. The summed E-state index contributed by atoms with van der Waals surface area (Å²) in [6.45, 7) is 5.42. The fourth-order valence-corrected chi connectivity index (χ4v) is 3.79. The monoisotopic (exact) mass is 385 g/mol. The number of likely N-dealkylation sites (N-methyl/N-ethyl adjacent to an activating group) is 1. The van der Waals surface area contributed by atoms with Crippen LogP contribution in [-0.4, -0.2) is 73.0 Å². The number of piperazine rings is 1. The molecule has 0 atom stereocenters. The van der Waals surface area contributed by atoms with Crippen LogP contribution < -0.4 is 4.90 Å². The summed E-state index contributed by atoms with van der Waals surface area (Å²) in [7, 11) is 6.04. The molecule has 2 heterocycles. The van der Waals surface area contributed by atoms with E-state index in [4.69, 9.17) is 0 Å². The molecule has 0 saturated carbocycles. The summed E-state index contributed by atoms with van der Waals surface area (Å²) in [6.07, 6.45) is 0. The van der Waals surface area contributed by atoms with E-state index in [1.807, 2.05) is 55.1 Å². The molecule has 0 N–H and O–H groups in total. The molecule has 0 bridgehead atoms. The van der Waals surface area contributed by atoms with Gasteiger partial charge in [0.05, 0.1) is 0 Å². The van der Waals surface area contributed by atoms with Gasteiger partial charge in [0, 0.05) is 63.4 Å². The molecule has 6 nitrogen and oxygen atoms in total. The van der Waals surface area contributed by atoms with Gasteiger partial charge in [-0.1, -0.05) is 23.9 Å². The van der Waals surface area contributed by atoms with Gasteiger partial charge >= 0.3 is 0 Å².